The van der Waals surface area contributed by atoms with Crippen LogP contribution in [0, 0.1) is 11.8 Å². The molecule has 0 N–H and O–H groups in total. The van der Waals surface area contributed by atoms with Crippen molar-refractivity contribution in [3.8, 4) is 0 Å². The smallest absolute Gasteiger partial charge is 0.0200 e. The number of rotatable bonds is 6. The lowest BCUT2D eigenvalue weighted by atomic mass is 9.84. The van der Waals surface area contributed by atoms with Crippen LogP contribution in [0.2, 0.25) is 0 Å². The zero-order chi connectivity index (χ0) is 13.1. The quantitative estimate of drug-likeness (QED) is 0.519. The third-order valence-electron chi connectivity index (χ3n) is 3.30. The van der Waals surface area contributed by atoms with E-state index in [4.69, 9.17) is 0 Å². The maximum absolute atomic E-state index is 2.37. The van der Waals surface area contributed by atoms with Gasteiger partial charge in [0.2, 0.25) is 0 Å². The lowest BCUT2D eigenvalue weighted by Crippen LogP contribution is -2.07. The van der Waals surface area contributed by atoms with Gasteiger partial charge in [-0.05, 0) is 37.5 Å². The maximum atomic E-state index is 2.37. The minimum Gasteiger partial charge on any atom is -0.0842 e. The first-order chi connectivity index (χ1) is 8.24. The molecule has 0 saturated carbocycles. The fourth-order valence-electron chi connectivity index (χ4n) is 2.36. The average molecular weight is 236 g/mol. The van der Waals surface area contributed by atoms with E-state index in [0.717, 1.165) is 11.8 Å². The average Bonchev–Trinajstić information content (AvgIpc) is 2.38. The molecule has 0 aliphatic heterocycles. The minimum absolute atomic E-state index is 0.851. The SMILES string of the molecule is CC.CCCC(CCC(C)C)C1=CC=CCC1. The van der Waals surface area contributed by atoms with E-state index in [-0.39, 0.29) is 0 Å². The van der Waals surface area contributed by atoms with Crippen LogP contribution in [0.15, 0.2) is 23.8 Å². The zero-order valence-corrected chi connectivity index (χ0v) is 12.6. The van der Waals surface area contributed by atoms with Gasteiger partial charge in [0.15, 0.2) is 0 Å². The van der Waals surface area contributed by atoms with Gasteiger partial charge < -0.3 is 0 Å². The Morgan fingerprint density at radius 2 is 1.82 bits per heavy atom. The molecule has 1 aliphatic rings. The largest absolute Gasteiger partial charge is 0.0842 e. The molecule has 0 amide bonds. The summed E-state index contributed by atoms with van der Waals surface area (Å²) < 4.78 is 0. The van der Waals surface area contributed by atoms with E-state index in [1.165, 1.54) is 38.5 Å². The summed E-state index contributed by atoms with van der Waals surface area (Å²) in [6.07, 6.45) is 14.9. The molecule has 1 rings (SSSR count). The van der Waals surface area contributed by atoms with Crippen LogP contribution in [-0.4, -0.2) is 0 Å². The highest BCUT2D eigenvalue weighted by Gasteiger charge is 2.14. The fraction of sp³-hybridized carbons (Fsp3) is 0.765. The Hall–Kier alpha value is -0.520. The van der Waals surface area contributed by atoms with Crippen LogP contribution in [0.3, 0.4) is 0 Å². The summed E-state index contributed by atoms with van der Waals surface area (Å²) in [5, 5.41) is 0. The standard InChI is InChI=1S/C15H26.C2H6/c1-4-8-14(12-11-13(2)3)15-9-6-5-7-10-15;1-2/h5-6,9,13-14H,4,7-8,10-12H2,1-3H3;1-2H3. The Bertz CT molecular complexity index is 220. The van der Waals surface area contributed by atoms with Gasteiger partial charge >= 0.3 is 0 Å². The molecule has 0 radical (unpaired) electrons. The lowest BCUT2D eigenvalue weighted by Gasteiger charge is -2.22. The lowest BCUT2D eigenvalue weighted by molar-refractivity contribution is 0.433. The molecule has 0 bridgehead atoms. The van der Waals surface area contributed by atoms with Gasteiger partial charge in [0.05, 0.1) is 0 Å². The second-order valence-corrected chi connectivity index (χ2v) is 5.17. The summed E-state index contributed by atoms with van der Waals surface area (Å²) in [4.78, 5) is 0. The molecule has 0 aromatic carbocycles. The monoisotopic (exact) mass is 236 g/mol. The van der Waals surface area contributed by atoms with Crippen LogP contribution in [0.25, 0.3) is 0 Å². The first kappa shape index (κ1) is 16.5. The van der Waals surface area contributed by atoms with Crippen LogP contribution in [0.4, 0.5) is 0 Å². The van der Waals surface area contributed by atoms with Gasteiger partial charge in [0.1, 0.15) is 0 Å². The van der Waals surface area contributed by atoms with E-state index in [9.17, 15) is 0 Å². The molecule has 1 unspecified atom stereocenters. The molecule has 1 atom stereocenters. The molecular formula is C17H32. The molecule has 0 heteroatoms. The molecule has 0 spiro atoms. The van der Waals surface area contributed by atoms with Crippen LogP contribution >= 0.6 is 0 Å². The highest BCUT2D eigenvalue weighted by Crippen LogP contribution is 2.29. The van der Waals surface area contributed by atoms with Crippen molar-refractivity contribution >= 4 is 0 Å². The van der Waals surface area contributed by atoms with Crippen molar-refractivity contribution in [2.24, 2.45) is 11.8 Å². The Kier molecular flexibility index (Phi) is 10.3. The highest BCUT2D eigenvalue weighted by molar-refractivity contribution is 5.19. The second kappa shape index (κ2) is 10.6. The van der Waals surface area contributed by atoms with Crippen LogP contribution < -0.4 is 0 Å². The van der Waals surface area contributed by atoms with Crippen molar-refractivity contribution in [1.29, 1.82) is 0 Å². The Balaban J connectivity index is 0.00000121. The summed E-state index contributed by atoms with van der Waals surface area (Å²) in [6, 6.07) is 0. The Morgan fingerprint density at radius 1 is 1.12 bits per heavy atom. The Morgan fingerprint density at radius 3 is 2.29 bits per heavy atom. The third kappa shape index (κ3) is 7.41. The van der Waals surface area contributed by atoms with E-state index in [0.29, 0.717) is 0 Å². The molecule has 100 valence electrons. The summed E-state index contributed by atoms with van der Waals surface area (Å²) in [5.74, 6) is 1.71. The third-order valence-corrected chi connectivity index (χ3v) is 3.30. The van der Waals surface area contributed by atoms with Crippen LogP contribution in [0.5, 0.6) is 0 Å². The summed E-state index contributed by atoms with van der Waals surface area (Å²) in [7, 11) is 0. The molecule has 0 aromatic heterocycles. The predicted octanol–water partition coefficient (Wildman–Crippen LogP) is 6.14. The van der Waals surface area contributed by atoms with Gasteiger partial charge in [0, 0.05) is 0 Å². The first-order valence-electron chi connectivity index (χ1n) is 7.59. The second-order valence-electron chi connectivity index (χ2n) is 5.17. The van der Waals surface area contributed by atoms with Crippen molar-refractivity contribution in [3.63, 3.8) is 0 Å². The molecule has 1 aliphatic carbocycles. The van der Waals surface area contributed by atoms with Crippen molar-refractivity contribution in [1.82, 2.24) is 0 Å². The van der Waals surface area contributed by atoms with Crippen molar-refractivity contribution in [2.75, 3.05) is 0 Å². The maximum Gasteiger partial charge on any atom is -0.0200 e. The molecule has 0 saturated heterocycles. The van der Waals surface area contributed by atoms with Crippen LogP contribution in [-0.2, 0) is 0 Å². The van der Waals surface area contributed by atoms with Gasteiger partial charge in [-0.2, -0.15) is 0 Å². The van der Waals surface area contributed by atoms with Gasteiger partial charge in [-0.3, -0.25) is 0 Å². The van der Waals surface area contributed by atoms with E-state index in [1.54, 1.807) is 5.57 Å². The summed E-state index contributed by atoms with van der Waals surface area (Å²) in [5.41, 5.74) is 1.71. The topological polar surface area (TPSA) is 0 Å². The highest BCUT2D eigenvalue weighted by atomic mass is 14.2. The zero-order valence-electron chi connectivity index (χ0n) is 12.6. The molecule has 0 heterocycles. The van der Waals surface area contributed by atoms with Gasteiger partial charge in [-0.15, -0.1) is 0 Å². The summed E-state index contributed by atoms with van der Waals surface area (Å²) >= 11 is 0. The normalized spacial score (nSPS) is 16.2. The molecule has 0 nitrogen and oxygen atoms in total. The van der Waals surface area contributed by atoms with Gasteiger partial charge in [0.25, 0.3) is 0 Å². The fourth-order valence-corrected chi connectivity index (χ4v) is 2.36. The molecule has 0 aromatic rings. The summed E-state index contributed by atoms with van der Waals surface area (Å²) in [6.45, 7) is 11.0. The van der Waals surface area contributed by atoms with E-state index >= 15 is 0 Å². The first-order valence-corrected chi connectivity index (χ1v) is 7.59. The minimum atomic E-state index is 0.851. The van der Waals surface area contributed by atoms with Crippen LogP contribution in [0.1, 0.15) is 73.1 Å². The van der Waals surface area contributed by atoms with Gasteiger partial charge in [-0.1, -0.05) is 71.3 Å². The van der Waals surface area contributed by atoms with E-state index < -0.39 is 0 Å². The number of hydrogen-bond acceptors (Lipinski definition) is 0. The molecule has 17 heavy (non-hydrogen) atoms. The predicted molar refractivity (Wildman–Crippen MR) is 80.3 cm³/mol. The van der Waals surface area contributed by atoms with Gasteiger partial charge in [-0.25, -0.2) is 0 Å². The number of hydrogen-bond donors (Lipinski definition) is 0. The van der Waals surface area contributed by atoms with Crippen molar-refractivity contribution < 1.29 is 0 Å². The number of allylic oxidation sites excluding steroid dienone is 4. The molecular weight excluding hydrogens is 204 g/mol. The van der Waals surface area contributed by atoms with Crippen molar-refractivity contribution in [3.05, 3.63) is 23.8 Å². The van der Waals surface area contributed by atoms with E-state index in [1.807, 2.05) is 13.8 Å². The van der Waals surface area contributed by atoms with E-state index in [2.05, 4.69) is 39.0 Å². The Labute approximate surface area is 109 Å². The van der Waals surface area contributed by atoms with Crippen molar-refractivity contribution in [2.45, 2.75) is 73.1 Å². The molecule has 0 fully saturated rings.